The van der Waals surface area contributed by atoms with Gasteiger partial charge in [-0.1, -0.05) is 41.9 Å². The largest absolute Gasteiger partial charge is 0.465 e. The Hall–Kier alpha value is -2.00. The topological polar surface area (TPSA) is 38.3 Å². The fourth-order valence-corrected chi connectivity index (χ4v) is 2.08. The standard InChI is InChI=1S/C16H16ClNO2/c1-20-16(19)13-7-8-14(17)15(11-13)18-10-9-12-5-3-2-4-6-12/h2-8,11,18H,9-10H2,1H3. The van der Waals surface area contributed by atoms with Crippen LogP contribution in [0.5, 0.6) is 0 Å². The van der Waals surface area contributed by atoms with Gasteiger partial charge in [0.15, 0.2) is 0 Å². The maximum Gasteiger partial charge on any atom is 0.337 e. The molecule has 2 aromatic carbocycles. The SMILES string of the molecule is COC(=O)c1ccc(Cl)c(NCCc2ccccc2)c1. The molecule has 20 heavy (non-hydrogen) atoms. The quantitative estimate of drug-likeness (QED) is 0.851. The number of rotatable bonds is 5. The van der Waals surface area contributed by atoms with Crippen LogP contribution in [0.4, 0.5) is 5.69 Å². The minimum absolute atomic E-state index is 0.368. The van der Waals surface area contributed by atoms with Gasteiger partial charge in [0, 0.05) is 6.54 Å². The summed E-state index contributed by atoms with van der Waals surface area (Å²) in [6, 6.07) is 15.2. The van der Waals surface area contributed by atoms with Crippen LogP contribution in [0.15, 0.2) is 48.5 Å². The van der Waals surface area contributed by atoms with Crippen molar-refractivity contribution in [1.82, 2.24) is 0 Å². The van der Waals surface area contributed by atoms with E-state index in [4.69, 9.17) is 16.3 Å². The number of benzene rings is 2. The van der Waals surface area contributed by atoms with E-state index in [0.29, 0.717) is 10.6 Å². The van der Waals surface area contributed by atoms with E-state index in [2.05, 4.69) is 17.4 Å². The van der Waals surface area contributed by atoms with Gasteiger partial charge in [-0.2, -0.15) is 0 Å². The van der Waals surface area contributed by atoms with E-state index < -0.39 is 0 Å². The lowest BCUT2D eigenvalue weighted by atomic mass is 10.1. The number of carbonyl (C=O) groups is 1. The van der Waals surface area contributed by atoms with Crippen molar-refractivity contribution in [3.63, 3.8) is 0 Å². The number of ether oxygens (including phenoxy) is 1. The van der Waals surface area contributed by atoms with Crippen molar-refractivity contribution in [2.45, 2.75) is 6.42 Å². The third kappa shape index (κ3) is 3.75. The van der Waals surface area contributed by atoms with E-state index in [1.807, 2.05) is 18.2 Å². The fourth-order valence-electron chi connectivity index (χ4n) is 1.89. The highest BCUT2D eigenvalue weighted by Gasteiger charge is 2.08. The van der Waals surface area contributed by atoms with Crippen molar-refractivity contribution < 1.29 is 9.53 Å². The van der Waals surface area contributed by atoms with Crippen LogP contribution in [0.25, 0.3) is 0 Å². The molecule has 0 fully saturated rings. The highest BCUT2D eigenvalue weighted by atomic mass is 35.5. The summed E-state index contributed by atoms with van der Waals surface area (Å²) < 4.78 is 4.70. The predicted octanol–water partition coefficient (Wildman–Crippen LogP) is 3.78. The van der Waals surface area contributed by atoms with Crippen LogP contribution in [0, 0.1) is 0 Å². The van der Waals surface area contributed by atoms with Crippen LogP contribution in [0.1, 0.15) is 15.9 Å². The lowest BCUT2D eigenvalue weighted by molar-refractivity contribution is 0.0601. The minimum atomic E-state index is -0.368. The van der Waals surface area contributed by atoms with Crippen molar-refractivity contribution in [3.05, 3.63) is 64.7 Å². The van der Waals surface area contributed by atoms with Gasteiger partial charge in [0.25, 0.3) is 0 Å². The number of esters is 1. The van der Waals surface area contributed by atoms with Crippen molar-refractivity contribution in [1.29, 1.82) is 0 Å². The molecular weight excluding hydrogens is 274 g/mol. The molecule has 0 radical (unpaired) electrons. The second-order valence-electron chi connectivity index (χ2n) is 4.35. The summed E-state index contributed by atoms with van der Waals surface area (Å²) in [5.41, 5.74) is 2.48. The molecular formula is C16H16ClNO2. The molecule has 0 unspecified atom stereocenters. The summed E-state index contributed by atoms with van der Waals surface area (Å²) in [4.78, 5) is 11.5. The Morgan fingerprint density at radius 2 is 1.95 bits per heavy atom. The Morgan fingerprint density at radius 3 is 2.65 bits per heavy atom. The summed E-state index contributed by atoms with van der Waals surface area (Å²) in [5, 5.41) is 3.83. The molecule has 4 heteroatoms. The molecule has 0 saturated carbocycles. The molecule has 0 aromatic heterocycles. The minimum Gasteiger partial charge on any atom is -0.465 e. The van der Waals surface area contributed by atoms with E-state index in [-0.39, 0.29) is 5.97 Å². The van der Waals surface area contributed by atoms with Gasteiger partial charge in [-0.15, -0.1) is 0 Å². The van der Waals surface area contributed by atoms with E-state index in [1.54, 1.807) is 18.2 Å². The zero-order valence-corrected chi connectivity index (χ0v) is 12.0. The first kappa shape index (κ1) is 14.4. The monoisotopic (exact) mass is 289 g/mol. The number of anilines is 1. The van der Waals surface area contributed by atoms with E-state index in [9.17, 15) is 4.79 Å². The highest BCUT2D eigenvalue weighted by molar-refractivity contribution is 6.33. The molecule has 0 bridgehead atoms. The first-order valence-electron chi connectivity index (χ1n) is 6.36. The van der Waals surface area contributed by atoms with Gasteiger partial charge in [-0.25, -0.2) is 4.79 Å². The molecule has 0 aliphatic rings. The van der Waals surface area contributed by atoms with Crippen molar-refractivity contribution in [2.24, 2.45) is 0 Å². The average molecular weight is 290 g/mol. The third-order valence-corrected chi connectivity index (χ3v) is 3.29. The molecule has 0 aliphatic heterocycles. The van der Waals surface area contributed by atoms with Crippen LogP contribution in [0.2, 0.25) is 5.02 Å². The van der Waals surface area contributed by atoms with Crippen LogP contribution >= 0.6 is 11.6 Å². The number of halogens is 1. The number of methoxy groups -OCH3 is 1. The molecule has 0 heterocycles. The smallest absolute Gasteiger partial charge is 0.337 e. The molecule has 0 atom stereocenters. The summed E-state index contributed by atoms with van der Waals surface area (Å²) >= 11 is 6.11. The van der Waals surface area contributed by atoms with Crippen LogP contribution in [-0.2, 0) is 11.2 Å². The average Bonchev–Trinajstić information content (AvgIpc) is 2.49. The predicted molar refractivity (Wildman–Crippen MR) is 81.4 cm³/mol. The van der Waals surface area contributed by atoms with Crippen molar-refractivity contribution in [3.8, 4) is 0 Å². The Balaban J connectivity index is 2.00. The Bertz CT molecular complexity index is 584. The van der Waals surface area contributed by atoms with Gasteiger partial charge in [0.05, 0.1) is 23.4 Å². The first-order chi connectivity index (χ1) is 9.70. The highest BCUT2D eigenvalue weighted by Crippen LogP contribution is 2.23. The van der Waals surface area contributed by atoms with Crippen LogP contribution in [-0.4, -0.2) is 19.6 Å². The van der Waals surface area contributed by atoms with Crippen molar-refractivity contribution >= 4 is 23.3 Å². The summed E-state index contributed by atoms with van der Waals surface area (Å²) in [7, 11) is 1.36. The lowest BCUT2D eigenvalue weighted by Crippen LogP contribution is -2.07. The normalized spacial score (nSPS) is 10.1. The zero-order chi connectivity index (χ0) is 14.4. The summed E-state index contributed by atoms with van der Waals surface area (Å²) in [6.07, 6.45) is 0.889. The molecule has 2 aromatic rings. The Labute approximate surface area is 123 Å². The number of hydrogen-bond donors (Lipinski definition) is 1. The fraction of sp³-hybridized carbons (Fsp3) is 0.188. The van der Waals surface area contributed by atoms with Crippen molar-refractivity contribution in [2.75, 3.05) is 19.0 Å². The molecule has 3 nitrogen and oxygen atoms in total. The lowest BCUT2D eigenvalue weighted by Gasteiger charge is -2.10. The van der Waals surface area contributed by atoms with Gasteiger partial charge in [-0.3, -0.25) is 0 Å². The first-order valence-corrected chi connectivity index (χ1v) is 6.74. The van der Waals surface area contributed by atoms with E-state index in [0.717, 1.165) is 18.7 Å². The van der Waals surface area contributed by atoms with Crippen LogP contribution < -0.4 is 5.32 Å². The summed E-state index contributed by atoms with van der Waals surface area (Å²) in [5.74, 6) is -0.368. The number of nitrogens with one attached hydrogen (secondary N) is 1. The van der Waals surface area contributed by atoms with Gasteiger partial charge >= 0.3 is 5.97 Å². The maximum absolute atomic E-state index is 11.5. The third-order valence-electron chi connectivity index (χ3n) is 2.96. The number of hydrogen-bond acceptors (Lipinski definition) is 3. The molecule has 1 N–H and O–H groups in total. The zero-order valence-electron chi connectivity index (χ0n) is 11.2. The molecule has 0 aliphatic carbocycles. The molecule has 104 valence electrons. The van der Waals surface area contributed by atoms with Gasteiger partial charge in [-0.05, 0) is 30.2 Å². The molecule has 0 saturated heterocycles. The van der Waals surface area contributed by atoms with Crippen LogP contribution in [0.3, 0.4) is 0 Å². The number of carbonyl (C=O) groups excluding carboxylic acids is 1. The van der Waals surface area contributed by atoms with E-state index in [1.165, 1.54) is 12.7 Å². The molecule has 0 amide bonds. The second kappa shape index (κ2) is 6.96. The Kier molecular flexibility index (Phi) is 5.02. The molecule has 2 rings (SSSR count). The van der Waals surface area contributed by atoms with Gasteiger partial charge in [0.1, 0.15) is 0 Å². The second-order valence-corrected chi connectivity index (χ2v) is 4.76. The van der Waals surface area contributed by atoms with E-state index >= 15 is 0 Å². The maximum atomic E-state index is 11.5. The van der Waals surface area contributed by atoms with Gasteiger partial charge < -0.3 is 10.1 Å². The Morgan fingerprint density at radius 1 is 1.20 bits per heavy atom. The molecule has 0 spiro atoms. The van der Waals surface area contributed by atoms with Gasteiger partial charge in [0.2, 0.25) is 0 Å². The summed E-state index contributed by atoms with van der Waals surface area (Å²) in [6.45, 7) is 0.744.